The normalized spacial score (nSPS) is 15.7. The zero-order valence-electron chi connectivity index (χ0n) is 13.6. The molecule has 3 rings (SSSR count). The number of rotatable bonds is 4. The Morgan fingerprint density at radius 3 is 2.54 bits per heavy atom. The quantitative estimate of drug-likeness (QED) is 0.835. The smallest absolute Gasteiger partial charge is 0.244 e. The van der Waals surface area contributed by atoms with Gasteiger partial charge in [0.2, 0.25) is 5.91 Å². The average molecular weight is 367 g/mol. The number of hydrogen-bond acceptors (Lipinski definition) is 3. The molecule has 128 valence electrons. The van der Waals surface area contributed by atoms with Gasteiger partial charge in [-0.25, -0.2) is 0 Å². The molecule has 1 amide bonds. The largest absolute Gasteiger partial charge is 0.339 e. The molecule has 1 aliphatic heterocycles. The molecule has 0 unspecified atom stereocenters. The lowest BCUT2D eigenvalue weighted by Crippen LogP contribution is -2.49. The maximum absolute atomic E-state index is 12.3. The van der Waals surface area contributed by atoms with Gasteiger partial charge in [-0.05, 0) is 30.2 Å². The number of aryl methyl sites for hydroxylation is 1. The third kappa shape index (κ3) is 4.29. The lowest BCUT2D eigenvalue weighted by molar-refractivity contribution is -0.133. The molecule has 1 saturated heterocycles. The summed E-state index contributed by atoms with van der Waals surface area (Å²) in [6, 6.07) is 5.72. The van der Waals surface area contributed by atoms with Gasteiger partial charge < -0.3 is 4.90 Å². The van der Waals surface area contributed by atoms with Crippen LogP contribution in [-0.2, 0) is 17.9 Å². The number of carbonyl (C=O) groups excluding carboxylic acids is 1. The number of benzene rings is 1. The number of aromatic nitrogens is 2. The molecule has 2 aromatic rings. The first-order valence-corrected chi connectivity index (χ1v) is 8.70. The van der Waals surface area contributed by atoms with E-state index < -0.39 is 0 Å². The summed E-state index contributed by atoms with van der Waals surface area (Å²) in [6.45, 7) is 6.27. The molecule has 0 bridgehead atoms. The number of halogens is 2. The van der Waals surface area contributed by atoms with Crippen molar-refractivity contribution in [2.24, 2.45) is 0 Å². The molecule has 1 aromatic heterocycles. The molecule has 0 aliphatic carbocycles. The van der Waals surface area contributed by atoms with E-state index in [0.717, 1.165) is 43.9 Å². The van der Waals surface area contributed by atoms with Crippen LogP contribution < -0.4 is 0 Å². The van der Waals surface area contributed by atoms with Gasteiger partial charge in [0.05, 0.1) is 16.2 Å². The van der Waals surface area contributed by atoms with Crippen molar-refractivity contribution in [1.82, 2.24) is 19.6 Å². The summed E-state index contributed by atoms with van der Waals surface area (Å²) in [6.07, 6.45) is 3.65. The van der Waals surface area contributed by atoms with E-state index in [2.05, 4.69) is 10.00 Å². The van der Waals surface area contributed by atoms with E-state index in [0.29, 0.717) is 16.6 Å². The molecular formula is C17H20Cl2N4O. The molecule has 0 N–H and O–H groups in total. The summed E-state index contributed by atoms with van der Waals surface area (Å²) < 4.78 is 1.69. The van der Waals surface area contributed by atoms with Crippen molar-refractivity contribution in [2.75, 3.05) is 26.2 Å². The molecular weight excluding hydrogens is 347 g/mol. The van der Waals surface area contributed by atoms with Crippen LogP contribution in [0.3, 0.4) is 0 Å². The van der Waals surface area contributed by atoms with Crippen LogP contribution in [0.5, 0.6) is 0 Å². The highest BCUT2D eigenvalue weighted by Crippen LogP contribution is 2.23. The first-order valence-electron chi connectivity index (χ1n) is 7.94. The summed E-state index contributed by atoms with van der Waals surface area (Å²) in [5.41, 5.74) is 2.20. The second-order valence-electron chi connectivity index (χ2n) is 6.12. The van der Waals surface area contributed by atoms with Crippen LogP contribution in [0.1, 0.15) is 11.1 Å². The molecule has 7 heteroatoms. The SMILES string of the molecule is Cc1cnn(CC(=O)N2CCN(Cc3ccc(Cl)c(Cl)c3)CC2)c1. The Hall–Kier alpha value is -1.56. The number of amides is 1. The van der Waals surface area contributed by atoms with Crippen molar-refractivity contribution in [2.45, 2.75) is 20.0 Å². The van der Waals surface area contributed by atoms with Gasteiger partial charge in [0.15, 0.2) is 0 Å². The minimum atomic E-state index is 0.118. The zero-order chi connectivity index (χ0) is 17.1. The zero-order valence-corrected chi connectivity index (χ0v) is 15.1. The van der Waals surface area contributed by atoms with Gasteiger partial charge >= 0.3 is 0 Å². The van der Waals surface area contributed by atoms with Crippen LogP contribution in [0.15, 0.2) is 30.6 Å². The molecule has 1 aliphatic rings. The first-order chi connectivity index (χ1) is 11.5. The van der Waals surface area contributed by atoms with Gasteiger partial charge in [-0.1, -0.05) is 29.3 Å². The van der Waals surface area contributed by atoms with Gasteiger partial charge in [0, 0.05) is 38.9 Å². The van der Waals surface area contributed by atoms with Crippen LogP contribution in [0.4, 0.5) is 0 Å². The molecule has 1 fully saturated rings. The fourth-order valence-electron chi connectivity index (χ4n) is 2.84. The van der Waals surface area contributed by atoms with E-state index in [-0.39, 0.29) is 5.91 Å². The number of hydrogen-bond donors (Lipinski definition) is 0. The summed E-state index contributed by atoms with van der Waals surface area (Å²) in [7, 11) is 0. The fourth-order valence-corrected chi connectivity index (χ4v) is 3.16. The lowest BCUT2D eigenvalue weighted by atomic mass is 10.2. The van der Waals surface area contributed by atoms with Crippen molar-refractivity contribution in [3.05, 3.63) is 51.8 Å². The third-order valence-corrected chi connectivity index (χ3v) is 4.91. The molecule has 1 aromatic carbocycles. The van der Waals surface area contributed by atoms with Gasteiger partial charge in [-0.15, -0.1) is 0 Å². The van der Waals surface area contributed by atoms with Crippen molar-refractivity contribution < 1.29 is 4.79 Å². The molecule has 5 nitrogen and oxygen atoms in total. The monoisotopic (exact) mass is 366 g/mol. The minimum Gasteiger partial charge on any atom is -0.339 e. The number of nitrogens with zero attached hydrogens (tertiary/aromatic N) is 4. The minimum absolute atomic E-state index is 0.118. The predicted octanol–water partition coefficient (Wildman–Crippen LogP) is 2.84. The van der Waals surface area contributed by atoms with E-state index in [1.807, 2.05) is 36.2 Å². The Labute approximate surface area is 151 Å². The van der Waals surface area contributed by atoms with Crippen LogP contribution in [0.2, 0.25) is 10.0 Å². The van der Waals surface area contributed by atoms with Gasteiger partial charge in [0.1, 0.15) is 6.54 Å². The average Bonchev–Trinajstić information content (AvgIpc) is 2.96. The predicted molar refractivity (Wildman–Crippen MR) is 95.3 cm³/mol. The van der Waals surface area contributed by atoms with Crippen molar-refractivity contribution in [3.8, 4) is 0 Å². The maximum atomic E-state index is 12.3. The standard InChI is InChI=1S/C17H20Cl2N4O/c1-13-9-20-23(10-13)12-17(24)22-6-4-21(5-7-22)11-14-2-3-15(18)16(19)8-14/h2-3,8-10H,4-7,11-12H2,1H3. The van der Waals surface area contributed by atoms with E-state index in [1.54, 1.807) is 10.9 Å². The highest BCUT2D eigenvalue weighted by atomic mass is 35.5. The van der Waals surface area contributed by atoms with Crippen LogP contribution in [0, 0.1) is 6.92 Å². The number of carbonyl (C=O) groups is 1. The topological polar surface area (TPSA) is 41.4 Å². The van der Waals surface area contributed by atoms with E-state index in [4.69, 9.17) is 23.2 Å². The Kier molecular flexibility index (Phi) is 5.43. The molecule has 0 saturated carbocycles. The summed E-state index contributed by atoms with van der Waals surface area (Å²) >= 11 is 12.0. The summed E-state index contributed by atoms with van der Waals surface area (Å²) in [4.78, 5) is 16.6. The van der Waals surface area contributed by atoms with Crippen molar-refractivity contribution in [3.63, 3.8) is 0 Å². The Morgan fingerprint density at radius 2 is 1.92 bits per heavy atom. The van der Waals surface area contributed by atoms with Crippen molar-refractivity contribution in [1.29, 1.82) is 0 Å². The molecule has 0 atom stereocenters. The van der Waals surface area contributed by atoms with E-state index in [9.17, 15) is 4.79 Å². The second-order valence-corrected chi connectivity index (χ2v) is 6.94. The number of piperazine rings is 1. The summed E-state index contributed by atoms with van der Waals surface area (Å²) in [5.74, 6) is 0.118. The molecule has 2 heterocycles. The summed E-state index contributed by atoms with van der Waals surface area (Å²) in [5, 5.41) is 5.33. The lowest BCUT2D eigenvalue weighted by Gasteiger charge is -2.34. The highest BCUT2D eigenvalue weighted by molar-refractivity contribution is 6.42. The molecule has 0 spiro atoms. The van der Waals surface area contributed by atoms with Crippen LogP contribution >= 0.6 is 23.2 Å². The Balaban J connectivity index is 1.50. The van der Waals surface area contributed by atoms with Crippen LogP contribution in [-0.4, -0.2) is 51.7 Å². The molecule has 24 heavy (non-hydrogen) atoms. The van der Waals surface area contributed by atoms with E-state index in [1.165, 1.54) is 0 Å². The van der Waals surface area contributed by atoms with Gasteiger partial charge in [-0.3, -0.25) is 14.4 Å². The maximum Gasteiger partial charge on any atom is 0.244 e. The van der Waals surface area contributed by atoms with Crippen LogP contribution in [0.25, 0.3) is 0 Å². The highest BCUT2D eigenvalue weighted by Gasteiger charge is 2.21. The van der Waals surface area contributed by atoms with Gasteiger partial charge in [-0.2, -0.15) is 5.10 Å². The first kappa shape index (κ1) is 17.3. The third-order valence-electron chi connectivity index (χ3n) is 4.17. The van der Waals surface area contributed by atoms with Gasteiger partial charge in [0.25, 0.3) is 0 Å². The van der Waals surface area contributed by atoms with E-state index >= 15 is 0 Å². The fraction of sp³-hybridized carbons (Fsp3) is 0.412. The molecule has 0 radical (unpaired) electrons. The Bertz CT molecular complexity index is 723. The van der Waals surface area contributed by atoms with Crippen molar-refractivity contribution >= 4 is 29.1 Å². The second kappa shape index (κ2) is 7.55. The Morgan fingerprint density at radius 1 is 1.17 bits per heavy atom.